The third-order valence-electron chi connectivity index (χ3n) is 1.54. The van der Waals surface area contributed by atoms with Crippen LogP contribution in [0, 0.1) is 0 Å². The van der Waals surface area contributed by atoms with Crippen LogP contribution in [0.1, 0.15) is 34.1 Å². The number of carbonyl (C=O) groups is 2. The summed E-state index contributed by atoms with van der Waals surface area (Å²) in [6.45, 7) is 10.4. The van der Waals surface area contributed by atoms with Gasteiger partial charge < -0.3 is 15.2 Å². The molecule has 0 aliphatic rings. The number of ether oxygens (including phenoxy) is 1. The number of aliphatic carboxylic acids is 1. The van der Waals surface area contributed by atoms with Gasteiger partial charge in [0.2, 0.25) is 0 Å². The lowest BCUT2D eigenvalue weighted by atomic mass is 10.1. The van der Waals surface area contributed by atoms with Crippen molar-refractivity contribution in [3.8, 4) is 0 Å². The van der Waals surface area contributed by atoms with Crippen molar-refractivity contribution in [1.82, 2.24) is 5.32 Å². The van der Waals surface area contributed by atoms with Gasteiger partial charge in [-0.2, -0.15) is 0 Å². The lowest BCUT2D eigenvalue weighted by molar-refractivity contribution is -0.139. The molecule has 0 aliphatic heterocycles. The topological polar surface area (TPSA) is 75.6 Å². The van der Waals surface area contributed by atoms with Crippen LogP contribution in [0.15, 0.2) is 12.2 Å². The average molecular weight is 229 g/mol. The van der Waals surface area contributed by atoms with Crippen molar-refractivity contribution in [2.24, 2.45) is 0 Å². The summed E-state index contributed by atoms with van der Waals surface area (Å²) >= 11 is 0. The Labute approximate surface area is 95.5 Å². The third-order valence-corrected chi connectivity index (χ3v) is 1.54. The van der Waals surface area contributed by atoms with Crippen molar-refractivity contribution in [2.45, 2.75) is 45.8 Å². The van der Waals surface area contributed by atoms with E-state index in [1.807, 2.05) is 0 Å². The van der Waals surface area contributed by atoms with Gasteiger partial charge in [-0.3, -0.25) is 0 Å². The van der Waals surface area contributed by atoms with E-state index in [2.05, 4.69) is 11.9 Å². The van der Waals surface area contributed by atoms with E-state index in [4.69, 9.17) is 9.84 Å². The van der Waals surface area contributed by atoms with Gasteiger partial charge in [0.1, 0.15) is 11.6 Å². The minimum absolute atomic E-state index is 0.189. The summed E-state index contributed by atoms with van der Waals surface area (Å²) in [5.41, 5.74) is 0.0413. The fourth-order valence-electron chi connectivity index (χ4n) is 0.998. The first-order valence-electron chi connectivity index (χ1n) is 4.98. The van der Waals surface area contributed by atoms with Crippen molar-refractivity contribution in [2.75, 3.05) is 0 Å². The summed E-state index contributed by atoms with van der Waals surface area (Å²) in [4.78, 5) is 22.2. The van der Waals surface area contributed by atoms with Gasteiger partial charge in [0.05, 0.1) is 0 Å². The zero-order chi connectivity index (χ0) is 12.9. The van der Waals surface area contributed by atoms with E-state index in [1.54, 1.807) is 27.7 Å². The molecule has 0 rings (SSSR count). The molecule has 1 amide bonds. The maximum Gasteiger partial charge on any atom is 0.408 e. The molecule has 0 fully saturated rings. The van der Waals surface area contributed by atoms with E-state index < -0.39 is 23.7 Å². The van der Waals surface area contributed by atoms with Crippen LogP contribution in [0.25, 0.3) is 0 Å². The van der Waals surface area contributed by atoms with Crippen LogP contribution >= 0.6 is 0 Å². The largest absolute Gasteiger partial charge is 0.480 e. The highest BCUT2D eigenvalue weighted by atomic mass is 16.6. The number of rotatable bonds is 4. The molecule has 5 heteroatoms. The van der Waals surface area contributed by atoms with Crippen LogP contribution in [-0.4, -0.2) is 28.8 Å². The molecule has 0 saturated heterocycles. The van der Waals surface area contributed by atoms with E-state index in [9.17, 15) is 9.59 Å². The van der Waals surface area contributed by atoms with Gasteiger partial charge in [-0.05, 0) is 34.1 Å². The molecule has 16 heavy (non-hydrogen) atoms. The van der Waals surface area contributed by atoms with E-state index >= 15 is 0 Å². The third kappa shape index (κ3) is 6.86. The highest BCUT2D eigenvalue weighted by Gasteiger charge is 2.23. The van der Waals surface area contributed by atoms with Gasteiger partial charge in [-0.1, -0.05) is 5.57 Å². The van der Waals surface area contributed by atoms with E-state index in [0.29, 0.717) is 5.57 Å². The van der Waals surface area contributed by atoms with Gasteiger partial charge in [0, 0.05) is 0 Å². The standard InChI is InChI=1S/C11H19NO4/c1-7(2)6-8(9(13)14)12-10(15)16-11(3,4)5/h8H,1,6H2,2-5H3,(H,12,15)(H,13,14)/t8-/m1/s1. The second kappa shape index (κ2) is 5.53. The van der Waals surface area contributed by atoms with Gasteiger partial charge >= 0.3 is 12.1 Å². The molecule has 0 aromatic rings. The number of carboxylic acid groups (broad SMARTS) is 1. The Morgan fingerprint density at radius 3 is 2.25 bits per heavy atom. The van der Waals surface area contributed by atoms with Gasteiger partial charge in [-0.25, -0.2) is 9.59 Å². The molecule has 0 radical (unpaired) electrons. The molecule has 1 atom stereocenters. The number of hydrogen-bond donors (Lipinski definition) is 2. The number of hydrogen-bond acceptors (Lipinski definition) is 3. The van der Waals surface area contributed by atoms with Gasteiger partial charge in [0.25, 0.3) is 0 Å². The molecule has 0 bridgehead atoms. The lowest BCUT2D eigenvalue weighted by Gasteiger charge is -2.22. The summed E-state index contributed by atoms with van der Waals surface area (Å²) in [6.07, 6.45) is -0.546. The predicted octanol–water partition coefficient (Wildman–Crippen LogP) is 1.93. The van der Waals surface area contributed by atoms with Crippen LogP contribution in [0.5, 0.6) is 0 Å². The molecular weight excluding hydrogens is 210 g/mol. The van der Waals surface area contributed by atoms with Crippen LogP contribution < -0.4 is 5.32 Å². The van der Waals surface area contributed by atoms with Crippen LogP contribution in [0.4, 0.5) is 4.79 Å². The fraction of sp³-hybridized carbons (Fsp3) is 0.636. The summed E-state index contributed by atoms with van der Waals surface area (Å²) in [7, 11) is 0. The molecule has 0 aliphatic carbocycles. The van der Waals surface area contributed by atoms with Gasteiger partial charge in [0.15, 0.2) is 0 Å². The maximum atomic E-state index is 11.3. The SMILES string of the molecule is C=C(C)C[C@@H](NC(=O)OC(C)(C)C)C(=O)O. The van der Waals surface area contributed by atoms with E-state index in [0.717, 1.165) is 0 Å². The summed E-state index contributed by atoms with van der Waals surface area (Å²) in [5.74, 6) is -1.10. The zero-order valence-electron chi connectivity index (χ0n) is 10.2. The Bertz CT molecular complexity index is 291. The minimum Gasteiger partial charge on any atom is -0.480 e. The first-order valence-corrected chi connectivity index (χ1v) is 4.98. The Hall–Kier alpha value is -1.52. The second-order valence-corrected chi connectivity index (χ2v) is 4.70. The number of carbonyl (C=O) groups excluding carboxylic acids is 1. The van der Waals surface area contributed by atoms with Crippen LogP contribution in [0.3, 0.4) is 0 Å². The number of nitrogens with one attached hydrogen (secondary N) is 1. The summed E-state index contributed by atoms with van der Waals surface area (Å²) < 4.78 is 4.96. The van der Waals surface area contributed by atoms with Crippen LogP contribution in [0.2, 0.25) is 0 Å². The second-order valence-electron chi connectivity index (χ2n) is 4.70. The normalized spacial score (nSPS) is 12.8. The first-order chi connectivity index (χ1) is 7.11. The zero-order valence-corrected chi connectivity index (χ0v) is 10.2. The monoisotopic (exact) mass is 229 g/mol. The molecule has 0 aromatic carbocycles. The van der Waals surface area contributed by atoms with Crippen molar-refractivity contribution in [3.05, 3.63) is 12.2 Å². The van der Waals surface area contributed by atoms with Gasteiger partial charge in [-0.15, -0.1) is 6.58 Å². The Balaban J connectivity index is 4.35. The van der Waals surface area contributed by atoms with E-state index in [-0.39, 0.29) is 6.42 Å². The molecule has 0 saturated carbocycles. The Kier molecular flexibility index (Phi) is 5.01. The summed E-state index contributed by atoms with van der Waals surface area (Å²) in [5, 5.41) is 11.1. The lowest BCUT2D eigenvalue weighted by Crippen LogP contribution is -2.43. The van der Waals surface area contributed by atoms with Crippen LogP contribution in [-0.2, 0) is 9.53 Å². The number of carboxylic acids is 1. The molecule has 0 spiro atoms. The quantitative estimate of drug-likeness (QED) is 0.722. The maximum absolute atomic E-state index is 11.3. The highest BCUT2D eigenvalue weighted by molar-refractivity contribution is 5.80. The van der Waals surface area contributed by atoms with Crippen molar-refractivity contribution >= 4 is 12.1 Å². The minimum atomic E-state index is -1.10. The highest BCUT2D eigenvalue weighted by Crippen LogP contribution is 2.08. The van der Waals surface area contributed by atoms with Crippen molar-refractivity contribution < 1.29 is 19.4 Å². The van der Waals surface area contributed by atoms with E-state index in [1.165, 1.54) is 0 Å². The smallest absolute Gasteiger partial charge is 0.408 e. The summed E-state index contributed by atoms with van der Waals surface area (Å²) in [6, 6.07) is -0.993. The first kappa shape index (κ1) is 14.5. The average Bonchev–Trinajstić information content (AvgIpc) is 1.97. The molecule has 0 unspecified atom stereocenters. The molecule has 92 valence electrons. The van der Waals surface area contributed by atoms with Crippen molar-refractivity contribution in [3.63, 3.8) is 0 Å². The number of amides is 1. The molecule has 0 aromatic heterocycles. The molecule has 0 heterocycles. The van der Waals surface area contributed by atoms with Crippen molar-refractivity contribution in [1.29, 1.82) is 0 Å². The Morgan fingerprint density at radius 2 is 1.94 bits per heavy atom. The molecular formula is C11H19NO4. The fourth-order valence-corrected chi connectivity index (χ4v) is 0.998. The molecule has 5 nitrogen and oxygen atoms in total. The predicted molar refractivity (Wildman–Crippen MR) is 60.2 cm³/mol. The Morgan fingerprint density at radius 1 is 1.44 bits per heavy atom. The number of alkyl carbamates (subject to hydrolysis) is 1. The molecule has 2 N–H and O–H groups in total.